The molecule has 0 aromatic heterocycles. The van der Waals surface area contributed by atoms with Crippen LogP contribution in [-0.2, 0) is 9.53 Å². The summed E-state index contributed by atoms with van der Waals surface area (Å²) in [5.41, 5.74) is -0.107. The van der Waals surface area contributed by atoms with Crippen molar-refractivity contribution in [2.75, 3.05) is 26.3 Å². The molecule has 0 rings (SSSR count). The van der Waals surface area contributed by atoms with Crippen molar-refractivity contribution < 1.29 is 9.53 Å². The van der Waals surface area contributed by atoms with Gasteiger partial charge in [-0.15, -0.1) is 0 Å². The highest BCUT2D eigenvalue weighted by Gasteiger charge is 2.16. The van der Waals surface area contributed by atoms with E-state index in [2.05, 4.69) is 17.6 Å². The molecule has 0 atom stereocenters. The highest BCUT2D eigenvalue weighted by molar-refractivity contribution is 5.78. The van der Waals surface area contributed by atoms with Crippen molar-refractivity contribution in [2.45, 2.75) is 46.1 Å². The maximum absolute atomic E-state index is 11.5. The third kappa shape index (κ3) is 8.68. The van der Waals surface area contributed by atoms with Crippen LogP contribution >= 0.6 is 0 Å². The lowest BCUT2D eigenvalue weighted by atomic mass is 10.0. The molecule has 2 N–H and O–H groups in total. The molecule has 0 fully saturated rings. The molecule has 0 bridgehead atoms. The molecule has 0 unspecified atom stereocenters. The Morgan fingerprint density at radius 2 is 2.00 bits per heavy atom. The molecule has 0 saturated carbocycles. The Bertz CT molecular complexity index is 193. The van der Waals surface area contributed by atoms with Gasteiger partial charge in [-0.2, -0.15) is 0 Å². The molecular weight excluding hydrogens is 204 g/mol. The molecule has 0 aliphatic heterocycles. The Balaban J connectivity index is 3.44. The van der Waals surface area contributed by atoms with Gasteiger partial charge in [0.15, 0.2) is 0 Å². The topological polar surface area (TPSA) is 50.4 Å². The van der Waals surface area contributed by atoms with Crippen molar-refractivity contribution in [3.8, 4) is 0 Å². The second-order valence-corrected chi connectivity index (χ2v) is 4.51. The van der Waals surface area contributed by atoms with Crippen LogP contribution in [0.25, 0.3) is 0 Å². The SMILES string of the molecule is CCOCCCNCC(=O)NC(C)(C)CC. The molecule has 0 aromatic carbocycles. The number of hydrogen-bond acceptors (Lipinski definition) is 3. The summed E-state index contributed by atoms with van der Waals surface area (Å²) in [6.45, 7) is 10.8. The molecule has 0 aliphatic rings. The summed E-state index contributed by atoms with van der Waals surface area (Å²) in [5, 5.41) is 6.07. The fourth-order valence-corrected chi connectivity index (χ4v) is 1.16. The first kappa shape index (κ1) is 15.4. The summed E-state index contributed by atoms with van der Waals surface area (Å²) in [4.78, 5) is 11.5. The van der Waals surface area contributed by atoms with Gasteiger partial charge in [-0.3, -0.25) is 4.79 Å². The summed E-state index contributed by atoms with van der Waals surface area (Å²) >= 11 is 0. The minimum Gasteiger partial charge on any atom is -0.382 e. The summed E-state index contributed by atoms with van der Waals surface area (Å²) in [5.74, 6) is 0.0586. The van der Waals surface area contributed by atoms with E-state index in [1.165, 1.54) is 0 Å². The molecule has 0 radical (unpaired) electrons. The average Bonchev–Trinajstić information content (AvgIpc) is 2.22. The van der Waals surface area contributed by atoms with Crippen LogP contribution in [0, 0.1) is 0 Å². The molecule has 16 heavy (non-hydrogen) atoms. The van der Waals surface area contributed by atoms with Gasteiger partial charge >= 0.3 is 0 Å². The highest BCUT2D eigenvalue weighted by Crippen LogP contribution is 2.05. The minimum absolute atomic E-state index is 0.0586. The Kier molecular flexibility index (Phi) is 8.21. The van der Waals surface area contributed by atoms with Crippen LogP contribution in [0.1, 0.15) is 40.5 Å². The van der Waals surface area contributed by atoms with Crippen molar-refractivity contribution in [1.82, 2.24) is 10.6 Å². The van der Waals surface area contributed by atoms with E-state index in [-0.39, 0.29) is 11.4 Å². The maximum atomic E-state index is 11.5. The fourth-order valence-electron chi connectivity index (χ4n) is 1.16. The van der Waals surface area contributed by atoms with E-state index < -0.39 is 0 Å². The number of carbonyl (C=O) groups is 1. The summed E-state index contributed by atoms with van der Waals surface area (Å²) in [7, 11) is 0. The molecule has 0 saturated heterocycles. The van der Waals surface area contributed by atoms with E-state index in [0.717, 1.165) is 32.6 Å². The van der Waals surface area contributed by atoms with E-state index in [1.54, 1.807) is 0 Å². The van der Waals surface area contributed by atoms with Gasteiger partial charge in [0.1, 0.15) is 0 Å². The zero-order valence-corrected chi connectivity index (χ0v) is 11.1. The van der Waals surface area contributed by atoms with Gasteiger partial charge in [-0.1, -0.05) is 6.92 Å². The smallest absolute Gasteiger partial charge is 0.234 e. The van der Waals surface area contributed by atoms with Gasteiger partial charge < -0.3 is 15.4 Å². The van der Waals surface area contributed by atoms with Crippen molar-refractivity contribution in [3.05, 3.63) is 0 Å². The van der Waals surface area contributed by atoms with Gasteiger partial charge in [-0.05, 0) is 40.2 Å². The van der Waals surface area contributed by atoms with Crippen LogP contribution in [0.2, 0.25) is 0 Å². The van der Waals surface area contributed by atoms with Crippen molar-refractivity contribution in [2.24, 2.45) is 0 Å². The Morgan fingerprint density at radius 1 is 1.31 bits per heavy atom. The second-order valence-electron chi connectivity index (χ2n) is 4.51. The van der Waals surface area contributed by atoms with Gasteiger partial charge in [0, 0.05) is 18.8 Å². The summed E-state index contributed by atoms with van der Waals surface area (Å²) < 4.78 is 5.20. The van der Waals surface area contributed by atoms with Crippen LogP contribution in [0.15, 0.2) is 0 Å². The molecule has 0 aliphatic carbocycles. The van der Waals surface area contributed by atoms with Gasteiger partial charge in [-0.25, -0.2) is 0 Å². The van der Waals surface area contributed by atoms with Gasteiger partial charge in [0.25, 0.3) is 0 Å². The Morgan fingerprint density at radius 3 is 2.56 bits per heavy atom. The molecule has 0 heterocycles. The van der Waals surface area contributed by atoms with Crippen LogP contribution in [-0.4, -0.2) is 37.7 Å². The summed E-state index contributed by atoms with van der Waals surface area (Å²) in [6.07, 6.45) is 1.88. The fraction of sp³-hybridized carbons (Fsp3) is 0.917. The Labute approximate surface area is 99.1 Å². The zero-order valence-electron chi connectivity index (χ0n) is 11.1. The largest absolute Gasteiger partial charge is 0.382 e. The third-order valence-electron chi connectivity index (χ3n) is 2.49. The van der Waals surface area contributed by atoms with Crippen molar-refractivity contribution >= 4 is 5.91 Å². The molecular formula is C12H26N2O2. The normalized spacial score (nSPS) is 11.5. The predicted octanol–water partition coefficient (Wildman–Crippen LogP) is 1.31. The number of hydrogen-bond donors (Lipinski definition) is 2. The standard InChI is InChI=1S/C12H26N2O2/c1-5-12(3,4)14-11(15)10-13-8-7-9-16-6-2/h13H,5-10H2,1-4H3,(H,14,15). The van der Waals surface area contributed by atoms with Crippen LogP contribution in [0.4, 0.5) is 0 Å². The lowest BCUT2D eigenvalue weighted by molar-refractivity contribution is -0.121. The van der Waals surface area contributed by atoms with Crippen molar-refractivity contribution in [1.29, 1.82) is 0 Å². The van der Waals surface area contributed by atoms with Gasteiger partial charge in [0.2, 0.25) is 5.91 Å². The van der Waals surface area contributed by atoms with E-state index in [4.69, 9.17) is 4.74 Å². The lowest BCUT2D eigenvalue weighted by Crippen LogP contribution is -2.46. The van der Waals surface area contributed by atoms with Gasteiger partial charge in [0.05, 0.1) is 6.54 Å². The molecule has 0 spiro atoms. The van der Waals surface area contributed by atoms with E-state index >= 15 is 0 Å². The number of rotatable bonds is 9. The molecule has 1 amide bonds. The molecule has 4 heteroatoms. The number of carbonyl (C=O) groups excluding carboxylic acids is 1. The summed E-state index contributed by atoms with van der Waals surface area (Å²) in [6, 6.07) is 0. The first-order valence-corrected chi connectivity index (χ1v) is 6.11. The molecule has 96 valence electrons. The monoisotopic (exact) mass is 230 g/mol. The number of ether oxygens (including phenoxy) is 1. The number of amides is 1. The maximum Gasteiger partial charge on any atom is 0.234 e. The second kappa shape index (κ2) is 8.53. The first-order valence-electron chi connectivity index (χ1n) is 6.11. The average molecular weight is 230 g/mol. The van der Waals surface area contributed by atoms with Crippen LogP contribution < -0.4 is 10.6 Å². The third-order valence-corrected chi connectivity index (χ3v) is 2.49. The van der Waals surface area contributed by atoms with Crippen LogP contribution in [0.5, 0.6) is 0 Å². The number of nitrogens with one attached hydrogen (secondary N) is 2. The lowest BCUT2D eigenvalue weighted by Gasteiger charge is -2.24. The Hall–Kier alpha value is -0.610. The highest BCUT2D eigenvalue weighted by atomic mass is 16.5. The minimum atomic E-state index is -0.107. The zero-order chi connectivity index (χ0) is 12.4. The van der Waals surface area contributed by atoms with E-state index in [9.17, 15) is 4.79 Å². The quantitative estimate of drug-likeness (QED) is 0.587. The van der Waals surface area contributed by atoms with Crippen LogP contribution in [0.3, 0.4) is 0 Å². The van der Waals surface area contributed by atoms with E-state index in [0.29, 0.717) is 6.54 Å². The first-order chi connectivity index (χ1) is 7.52. The van der Waals surface area contributed by atoms with Crippen molar-refractivity contribution in [3.63, 3.8) is 0 Å². The predicted molar refractivity (Wildman–Crippen MR) is 66.5 cm³/mol. The molecule has 0 aromatic rings. The van der Waals surface area contributed by atoms with E-state index in [1.807, 2.05) is 20.8 Å². The molecule has 4 nitrogen and oxygen atoms in total.